The summed E-state index contributed by atoms with van der Waals surface area (Å²) in [5.74, 6) is -9.31. The average molecular weight is 1300 g/mol. The number of rotatable bonds is 27. The van der Waals surface area contributed by atoms with E-state index in [1.807, 2.05) is 27.7 Å². The zero-order chi connectivity index (χ0) is 64.9. The standard InChI is InChI=1S/C31H52N4O9S4.C23H42N4O7S2/c1-15(2)28(41)20-9-25(38)27(18(7)36)35-31(44)23(33-17(5)6)14-48-47-13-22(29(42)16(3)4)34-30(43)19(10-26(39)40)8-24(37)21(32)12-46-45-11-20;1-11(2)20(31)16(26-22(33)15(24)8-18(29)30)9-35-36-10-17(25-13(5)6)23(34)27-19(14(7)28)21(32)12(3)4/h15-23,27,33,36H,8-14,32H2,1-7H3,(H,34,43)(H,35,44)(H,39,40);11-17,19,25,28H,8-10,24H2,1-7H3,(H,26,33)(H,27,34)(H,29,30)/t18-,19+,20+,21+,22+,23+,27?;14-,15+,16+,17+,19+/m11/s1. The van der Waals surface area contributed by atoms with Crippen molar-refractivity contribution in [2.45, 2.75) is 195 Å². The second kappa shape index (κ2) is 41.8. The monoisotopic (exact) mass is 1300 g/mol. The number of carbonyl (C=O) groups is 12. The molecule has 1 unspecified atom stereocenters. The Morgan fingerprint density at radius 1 is 0.607 bits per heavy atom. The Kier molecular flexibility index (Phi) is 40.1. The smallest absolute Gasteiger partial charge is 0.305 e. The van der Waals surface area contributed by atoms with Crippen LogP contribution in [-0.2, 0) is 57.5 Å². The van der Waals surface area contributed by atoms with E-state index in [2.05, 4.69) is 31.9 Å². The Bertz CT molecular complexity index is 2190. The Balaban J connectivity index is 0.00000171. The number of hydrogen-bond donors (Lipinski definition) is 12. The summed E-state index contributed by atoms with van der Waals surface area (Å²) in [5.41, 5.74) is 11.7. The minimum atomic E-state index is -1.28. The first-order chi connectivity index (χ1) is 38.9. The van der Waals surface area contributed by atoms with Gasteiger partial charge in [0.1, 0.15) is 17.9 Å². The maximum absolute atomic E-state index is 13.5. The molecule has 30 heteroatoms. The fourth-order valence-corrected chi connectivity index (χ4v) is 15.0. The second-order valence-electron chi connectivity index (χ2n) is 22.4. The van der Waals surface area contributed by atoms with Crippen LogP contribution in [0.5, 0.6) is 0 Å². The highest BCUT2D eigenvalue weighted by Gasteiger charge is 2.36. The van der Waals surface area contributed by atoms with Crippen molar-refractivity contribution in [3.05, 3.63) is 0 Å². The quantitative estimate of drug-likeness (QED) is 0.0414. The van der Waals surface area contributed by atoms with Crippen LogP contribution in [0.4, 0.5) is 0 Å². The molecule has 0 radical (unpaired) electrons. The lowest BCUT2D eigenvalue weighted by atomic mass is 9.89. The summed E-state index contributed by atoms with van der Waals surface area (Å²) in [4.78, 5) is 152. The highest BCUT2D eigenvalue weighted by molar-refractivity contribution is 8.77. The van der Waals surface area contributed by atoms with E-state index in [0.29, 0.717) is 0 Å². The summed E-state index contributed by atoms with van der Waals surface area (Å²) in [6.45, 7) is 23.9. The van der Waals surface area contributed by atoms with Crippen molar-refractivity contribution in [2.24, 2.45) is 47.0 Å². The number of carbonyl (C=O) groups excluding carboxylic acids is 10. The van der Waals surface area contributed by atoms with E-state index in [1.54, 1.807) is 55.4 Å². The summed E-state index contributed by atoms with van der Waals surface area (Å²) in [6.07, 6.45) is -4.11. The molecule has 12 atom stereocenters. The number of carboxylic acid groups (broad SMARTS) is 2. The van der Waals surface area contributed by atoms with Gasteiger partial charge < -0.3 is 63.8 Å². The molecule has 0 saturated carbocycles. The SMILES string of the molecule is CC(C)N[C@@H](CSSC[C@H](NC(=O)[C@@H](N)CC(=O)O)C(=O)C(C)C)C(=O)N[C@H](C(=O)C(C)C)[C@@H](C)O.CC(C)N[C@H]1CSSC[C@@H](C(=O)C(C)C)NC(=O)[C@H](CC(=O)O)CC(=O)[C@@H](N)CSSC[C@@H](C(=O)C(C)C)CC(=O)C([C@@H](C)O)NC1=O. The molecular weight excluding hydrogens is 1210 g/mol. The molecule has 1 saturated heterocycles. The largest absolute Gasteiger partial charge is 0.481 e. The van der Waals surface area contributed by atoms with E-state index >= 15 is 0 Å². The van der Waals surface area contributed by atoms with E-state index in [9.17, 15) is 72.9 Å². The lowest BCUT2D eigenvalue weighted by Crippen LogP contribution is -2.56. The molecule has 0 aromatic rings. The van der Waals surface area contributed by atoms with Gasteiger partial charge >= 0.3 is 11.9 Å². The van der Waals surface area contributed by atoms with E-state index < -0.39 is 145 Å². The number of Topliss-reactive ketones (excluding diaryl/α,β-unsaturated/α-hetero) is 6. The highest BCUT2D eigenvalue weighted by Crippen LogP contribution is 2.30. The Morgan fingerprint density at radius 3 is 1.63 bits per heavy atom. The van der Waals surface area contributed by atoms with E-state index in [0.717, 1.165) is 0 Å². The lowest BCUT2D eigenvalue weighted by Gasteiger charge is -2.27. The Hall–Kier alpha value is -3.30. The maximum atomic E-state index is 13.5. The van der Waals surface area contributed by atoms with Gasteiger partial charge in [0.25, 0.3) is 0 Å². The number of aliphatic hydroxyl groups excluding tert-OH is 2. The van der Waals surface area contributed by atoms with Crippen LogP contribution in [-0.4, -0.2) is 198 Å². The molecule has 1 heterocycles. The van der Waals surface area contributed by atoms with Crippen LogP contribution >= 0.6 is 64.8 Å². The van der Waals surface area contributed by atoms with Gasteiger partial charge in [-0.15, -0.1) is 0 Å². The normalized spacial score (nSPS) is 22.5. The first kappa shape index (κ1) is 80.7. The molecule has 482 valence electrons. The van der Waals surface area contributed by atoms with Crippen molar-refractivity contribution < 1.29 is 78.0 Å². The van der Waals surface area contributed by atoms with Gasteiger partial charge in [0, 0.05) is 89.0 Å². The molecule has 0 aromatic heterocycles. The van der Waals surface area contributed by atoms with Crippen LogP contribution < -0.4 is 43.4 Å². The summed E-state index contributed by atoms with van der Waals surface area (Å²) in [7, 11) is 7.50. The number of nitrogens with two attached hydrogens (primary N) is 2. The van der Waals surface area contributed by atoms with Crippen LogP contribution in [0.25, 0.3) is 0 Å². The van der Waals surface area contributed by atoms with Crippen LogP contribution in [0.15, 0.2) is 0 Å². The summed E-state index contributed by atoms with van der Waals surface area (Å²) in [6, 6.07) is -8.07. The van der Waals surface area contributed by atoms with Crippen molar-refractivity contribution in [3.63, 3.8) is 0 Å². The summed E-state index contributed by atoms with van der Waals surface area (Å²) in [5, 5.41) is 55.6. The zero-order valence-electron chi connectivity index (χ0n) is 50.8. The molecule has 4 amide bonds. The molecule has 1 fully saturated rings. The Labute approximate surface area is 518 Å². The molecule has 0 spiro atoms. The molecule has 1 rings (SSSR count). The van der Waals surface area contributed by atoms with E-state index in [4.69, 9.17) is 16.6 Å². The van der Waals surface area contributed by atoms with Crippen molar-refractivity contribution in [1.29, 1.82) is 0 Å². The average Bonchev–Trinajstić information content (AvgIpc) is 3.47. The van der Waals surface area contributed by atoms with Gasteiger partial charge in [0.05, 0.1) is 67.2 Å². The number of carboxylic acids is 2. The van der Waals surface area contributed by atoms with E-state index in [-0.39, 0.29) is 93.9 Å². The second-order valence-corrected chi connectivity index (χ2v) is 30.1. The maximum Gasteiger partial charge on any atom is 0.305 e. The van der Waals surface area contributed by atoms with Crippen LogP contribution in [0.3, 0.4) is 0 Å². The van der Waals surface area contributed by atoms with Gasteiger partial charge in [-0.25, -0.2) is 0 Å². The minimum Gasteiger partial charge on any atom is -0.481 e. The number of hydrogen-bond acceptors (Lipinski definition) is 24. The van der Waals surface area contributed by atoms with Gasteiger partial charge in [-0.3, -0.25) is 57.5 Å². The Morgan fingerprint density at radius 2 is 1.14 bits per heavy atom. The first-order valence-electron chi connectivity index (χ1n) is 27.9. The minimum absolute atomic E-state index is 0.0394. The number of aliphatic carboxylic acids is 2. The van der Waals surface area contributed by atoms with Gasteiger partial charge in [-0.2, -0.15) is 0 Å². The van der Waals surface area contributed by atoms with Gasteiger partial charge in [-0.1, -0.05) is 148 Å². The molecule has 84 heavy (non-hydrogen) atoms. The predicted octanol–water partition coefficient (Wildman–Crippen LogP) is 2.22. The molecule has 1 aliphatic heterocycles. The number of amides is 4. The third-order valence-corrected chi connectivity index (χ3v) is 19.8. The third-order valence-electron chi connectivity index (χ3n) is 12.5. The molecule has 14 N–H and O–H groups in total. The van der Waals surface area contributed by atoms with Crippen molar-refractivity contribution >= 4 is 135 Å². The molecule has 0 aliphatic carbocycles. The predicted molar refractivity (Wildman–Crippen MR) is 336 cm³/mol. The fraction of sp³-hybridized carbons (Fsp3) is 0.778. The fourth-order valence-electron chi connectivity index (χ4n) is 7.77. The van der Waals surface area contributed by atoms with Crippen molar-refractivity contribution in [2.75, 3.05) is 34.5 Å². The summed E-state index contributed by atoms with van der Waals surface area (Å²) < 4.78 is 0. The van der Waals surface area contributed by atoms with Gasteiger partial charge in [0.2, 0.25) is 23.6 Å². The van der Waals surface area contributed by atoms with Crippen molar-refractivity contribution in [1.82, 2.24) is 31.9 Å². The van der Waals surface area contributed by atoms with Crippen LogP contribution in [0.1, 0.15) is 123 Å². The number of nitrogens with one attached hydrogen (secondary N) is 6. The molecular formula is C54H94N8O16S6. The van der Waals surface area contributed by atoms with Crippen molar-refractivity contribution in [3.8, 4) is 0 Å². The van der Waals surface area contributed by atoms with E-state index in [1.165, 1.54) is 78.6 Å². The number of aliphatic hydroxyl groups is 2. The first-order valence-corrected chi connectivity index (χ1v) is 35.4. The molecule has 24 nitrogen and oxygen atoms in total. The molecule has 1 aliphatic rings. The molecule has 0 bridgehead atoms. The van der Waals surface area contributed by atoms with Gasteiger partial charge in [-0.05, 0) is 13.8 Å². The topological polar surface area (TPSA) is 410 Å². The zero-order valence-corrected chi connectivity index (χ0v) is 55.7. The molecule has 0 aromatic carbocycles. The summed E-state index contributed by atoms with van der Waals surface area (Å²) >= 11 is 0. The number of ketones is 6. The van der Waals surface area contributed by atoms with Gasteiger partial charge in [0.15, 0.2) is 28.9 Å². The highest BCUT2D eigenvalue weighted by atomic mass is 33.1. The lowest BCUT2D eigenvalue weighted by molar-refractivity contribution is -0.142. The van der Waals surface area contributed by atoms with Crippen LogP contribution in [0.2, 0.25) is 0 Å². The third kappa shape index (κ3) is 32.1. The van der Waals surface area contributed by atoms with Crippen LogP contribution in [0, 0.1) is 35.5 Å².